The zero-order valence-electron chi connectivity index (χ0n) is 11.2. The van der Waals surface area contributed by atoms with Gasteiger partial charge in [0.1, 0.15) is 11.5 Å². The van der Waals surface area contributed by atoms with Crippen molar-refractivity contribution in [3.8, 4) is 11.5 Å². The second-order valence-electron chi connectivity index (χ2n) is 4.02. The predicted octanol–water partition coefficient (Wildman–Crippen LogP) is 3.56. The van der Waals surface area contributed by atoms with Crippen LogP contribution in [-0.4, -0.2) is 20.0 Å². The lowest BCUT2D eigenvalue weighted by Crippen LogP contribution is -2.04. The standard InChI is InChI=1S/C15H16O3S/c1-4-10-7-8-19-15(10)14(16)12-6-5-11(17-2)9-13(12)18-3/h5-9H,4H2,1-3H3. The Kier molecular flexibility index (Phi) is 4.22. The fourth-order valence-electron chi connectivity index (χ4n) is 1.92. The summed E-state index contributed by atoms with van der Waals surface area (Å²) in [4.78, 5) is 13.3. The molecule has 2 rings (SSSR count). The molecule has 0 saturated heterocycles. The van der Waals surface area contributed by atoms with E-state index in [1.807, 2.05) is 18.4 Å². The molecule has 2 aromatic rings. The molecule has 0 unspecified atom stereocenters. The van der Waals surface area contributed by atoms with E-state index in [-0.39, 0.29) is 5.78 Å². The normalized spacial score (nSPS) is 10.3. The summed E-state index contributed by atoms with van der Waals surface area (Å²) < 4.78 is 10.4. The fourth-order valence-corrected chi connectivity index (χ4v) is 2.87. The molecule has 0 aliphatic rings. The quantitative estimate of drug-likeness (QED) is 0.783. The number of hydrogen-bond acceptors (Lipinski definition) is 4. The number of carbonyl (C=O) groups excluding carboxylic acids is 1. The van der Waals surface area contributed by atoms with Gasteiger partial charge in [0, 0.05) is 6.07 Å². The van der Waals surface area contributed by atoms with Gasteiger partial charge in [-0.05, 0) is 35.6 Å². The summed E-state index contributed by atoms with van der Waals surface area (Å²) in [5, 5.41) is 1.95. The summed E-state index contributed by atoms with van der Waals surface area (Å²) in [5.74, 6) is 1.22. The van der Waals surface area contributed by atoms with Gasteiger partial charge in [-0.1, -0.05) is 6.92 Å². The van der Waals surface area contributed by atoms with Crippen molar-refractivity contribution in [2.45, 2.75) is 13.3 Å². The van der Waals surface area contributed by atoms with Crippen molar-refractivity contribution in [1.29, 1.82) is 0 Å². The van der Waals surface area contributed by atoms with Crippen LogP contribution in [0.15, 0.2) is 29.6 Å². The first-order chi connectivity index (χ1) is 9.21. The van der Waals surface area contributed by atoms with Gasteiger partial charge in [-0.3, -0.25) is 4.79 Å². The second kappa shape index (κ2) is 5.89. The molecule has 0 amide bonds. The van der Waals surface area contributed by atoms with Gasteiger partial charge in [0.15, 0.2) is 0 Å². The lowest BCUT2D eigenvalue weighted by molar-refractivity contribution is 0.103. The molecule has 0 bridgehead atoms. The van der Waals surface area contributed by atoms with Crippen LogP contribution in [-0.2, 0) is 6.42 Å². The minimum absolute atomic E-state index is 0.00588. The monoisotopic (exact) mass is 276 g/mol. The van der Waals surface area contributed by atoms with Crippen LogP contribution in [0.1, 0.15) is 27.7 Å². The SMILES string of the molecule is CCc1ccsc1C(=O)c1ccc(OC)cc1OC. The van der Waals surface area contributed by atoms with Crippen LogP contribution in [0.5, 0.6) is 11.5 Å². The molecule has 3 nitrogen and oxygen atoms in total. The van der Waals surface area contributed by atoms with Crippen LogP contribution in [0.25, 0.3) is 0 Å². The maximum absolute atomic E-state index is 12.6. The number of rotatable bonds is 5. The average Bonchev–Trinajstić information content (AvgIpc) is 2.94. The highest BCUT2D eigenvalue weighted by Gasteiger charge is 2.18. The van der Waals surface area contributed by atoms with E-state index in [2.05, 4.69) is 0 Å². The molecular weight excluding hydrogens is 260 g/mol. The van der Waals surface area contributed by atoms with Crippen molar-refractivity contribution in [2.24, 2.45) is 0 Å². The maximum Gasteiger partial charge on any atom is 0.206 e. The number of thiophene rings is 1. The number of ether oxygens (including phenoxy) is 2. The van der Waals surface area contributed by atoms with Gasteiger partial charge < -0.3 is 9.47 Å². The van der Waals surface area contributed by atoms with Gasteiger partial charge in [0.2, 0.25) is 5.78 Å². The summed E-state index contributed by atoms with van der Waals surface area (Å²) in [6.45, 7) is 2.05. The molecule has 0 saturated carbocycles. The van der Waals surface area contributed by atoms with E-state index in [9.17, 15) is 4.79 Å². The molecule has 0 aliphatic heterocycles. The van der Waals surface area contributed by atoms with Crippen LogP contribution < -0.4 is 9.47 Å². The van der Waals surface area contributed by atoms with Crippen molar-refractivity contribution in [2.75, 3.05) is 14.2 Å². The van der Waals surface area contributed by atoms with Gasteiger partial charge >= 0.3 is 0 Å². The molecule has 1 aromatic carbocycles. The van der Waals surface area contributed by atoms with Crippen molar-refractivity contribution in [3.63, 3.8) is 0 Å². The highest BCUT2D eigenvalue weighted by atomic mass is 32.1. The summed E-state index contributed by atoms with van der Waals surface area (Å²) in [6.07, 6.45) is 0.850. The number of benzene rings is 1. The number of aryl methyl sites for hydroxylation is 1. The molecule has 0 fully saturated rings. The Morgan fingerprint density at radius 2 is 2.00 bits per heavy atom. The second-order valence-corrected chi connectivity index (χ2v) is 4.94. The van der Waals surface area contributed by atoms with E-state index in [0.717, 1.165) is 16.9 Å². The zero-order valence-corrected chi connectivity index (χ0v) is 12.0. The highest BCUT2D eigenvalue weighted by Crippen LogP contribution is 2.29. The van der Waals surface area contributed by atoms with E-state index in [4.69, 9.17) is 9.47 Å². The first-order valence-electron chi connectivity index (χ1n) is 6.04. The smallest absolute Gasteiger partial charge is 0.206 e. The van der Waals surface area contributed by atoms with Crippen LogP contribution in [0.3, 0.4) is 0 Å². The number of ketones is 1. The Labute approximate surface area is 116 Å². The van der Waals surface area contributed by atoms with Crippen molar-refractivity contribution in [3.05, 3.63) is 45.6 Å². The third-order valence-electron chi connectivity index (χ3n) is 2.99. The highest BCUT2D eigenvalue weighted by molar-refractivity contribution is 7.12. The minimum atomic E-state index is 0.00588. The van der Waals surface area contributed by atoms with Crippen LogP contribution in [0.2, 0.25) is 0 Å². The van der Waals surface area contributed by atoms with Gasteiger partial charge in [-0.2, -0.15) is 0 Å². The van der Waals surface area contributed by atoms with E-state index >= 15 is 0 Å². The Hall–Kier alpha value is -1.81. The Balaban J connectivity index is 2.44. The molecule has 0 atom stereocenters. The molecule has 0 aliphatic carbocycles. The zero-order chi connectivity index (χ0) is 13.8. The summed E-state index contributed by atoms with van der Waals surface area (Å²) >= 11 is 1.47. The van der Waals surface area contributed by atoms with E-state index < -0.39 is 0 Å². The van der Waals surface area contributed by atoms with Crippen molar-refractivity contribution < 1.29 is 14.3 Å². The molecule has 1 aromatic heterocycles. The average molecular weight is 276 g/mol. The Bertz CT molecular complexity index is 587. The van der Waals surface area contributed by atoms with Crippen molar-refractivity contribution >= 4 is 17.1 Å². The van der Waals surface area contributed by atoms with Gasteiger partial charge in [0.25, 0.3) is 0 Å². The number of carbonyl (C=O) groups is 1. The van der Waals surface area contributed by atoms with E-state index in [1.165, 1.54) is 11.3 Å². The number of hydrogen-bond donors (Lipinski definition) is 0. The van der Waals surface area contributed by atoms with E-state index in [1.54, 1.807) is 32.4 Å². The Morgan fingerprint density at radius 3 is 2.63 bits per heavy atom. The van der Waals surface area contributed by atoms with Crippen LogP contribution in [0.4, 0.5) is 0 Å². The number of methoxy groups -OCH3 is 2. The molecule has 1 heterocycles. The molecule has 0 spiro atoms. The first-order valence-corrected chi connectivity index (χ1v) is 6.92. The lowest BCUT2D eigenvalue weighted by atomic mass is 10.0. The van der Waals surface area contributed by atoms with Gasteiger partial charge in [-0.25, -0.2) is 0 Å². The molecule has 19 heavy (non-hydrogen) atoms. The molecular formula is C15H16O3S. The molecule has 4 heteroatoms. The van der Waals surface area contributed by atoms with Crippen molar-refractivity contribution in [1.82, 2.24) is 0 Å². The largest absolute Gasteiger partial charge is 0.497 e. The lowest BCUT2D eigenvalue weighted by Gasteiger charge is -2.09. The topological polar surface area (TPSA) is 35.5 Å². The van der Waals surface area contributed by atoms with Gasteiger partial charge in [0.05, 0.1) is 24.7 Å². The minimum Gasteiger partial charge on any atom is -0.497 e. The predicted molar refractivity (Wildman–Crippen MR) is 76.7 cm³/mol. The third-order valence-corrected chi connectivity index (χ3v) is 3.94. The third kappa shape index (κ3) is 2.63. The van der Waals surface area contributed by atoms with Crippen LogP contribution in [0, 0.1) is 0 Å². The Morgan fingerprint density at radius 1 is 1.21 bits per heavy atom. The van der Waals surface area contributed by atoms with Crippen LogP contribution >= 0.6 is 11.3 Å². The van der Waals surface area contributed by atoms with E-state index in [0.29, 0.717) is 17.1 Å². The summed E-state index contributed by atoms with van der Waals surface area (Å²) in [6, 6.07) is 7.24. The summed E-state index contributed by atoms with van der Waals surface area (Å²) in [5.41, 5.74) is 1.65. The maximum atomic E-state index is 12.6. The summed E-state index contributed by atoms with van der Waals surface area (Å²) in [7, 11) is 3.14. The molecule has 100 valence electrons. The first kappa shape index (κ1) is 13.6. The molecule has 0 N–H and O–H groups in total. The molecule has 0 radical (unpaired) electrons. The fraction of sp³-hybridized carbons (Fsp3) is 0.267. The van der Waals surface area contributed by atoms with Gasteiger partial charge in [-0.15, -0.1) is 11.3 Å².